The lowest BCUT2D eigenvalue weighted by molar-refractivity contribution is 0.222. The van der Waals surface area contributed by atoms with Gasteiger partial charge in [-0.3, -0.25) is 0 Å². The predicted octanol–water partition coefficient (Wildman–Crippen LogP) is 4.23. The molecule has 0 bridgehead atoms. The van der Waals surface area contributed by atoms with Gasteiger partial charge in [0.15, 0.2) is 0 Å². The highest BCUT2D eigenvalue weighted by atomic mass is 79.9. The quantitative estimate of drug-likeness (QED) is 0.678. The van der Waals surface area contributed by atoms with Crippen LogP contribution in [0.2, 0.25) is 0 Å². The second-order valence-electron chi connectivity index (χ2n) is 5.24. The van der Waals surface area contributed by atoms with Gasteiger partial charge < -0.3 is 15.0 Å². The molecule has 1 aromatic rings. The van der Waals surface area contributed by atoms with Crippen molar-refractivity contribution in [3.63, 3.8) is 0 Å². The molecule has 0 saturated heterocycles. The van der Waals surface area contributed by atoms with Crippen LogP contribution in [0.15, 0.2) is 22.7 Å². The second-order valence-corrected chi connectivity index (χ2v) is 6.10. The highest BCUT2D eigenvalue weighted by molar-refractivity contribution is 9.10. The van der Waals surface area contributed by atoms with Crippen LogP contribution in [0, 0.1) is 0 Å². The van der Waals surface area contributed by atoms with Crippen LogP contribution in [0.5, 0.6) is 5.75 Å². The predicted molar refractivity (Wildman–Crippen MR) is 94.1 cm³/mol. The Morgan fingerprint density at radius 1 is 1.24 bits per heavy atom. The Morgan fingerprint density at radius 2 is 1.95 bits per heavy atom. The zero-order valence-corrected chi connectivity index (χ0v) is 15.4. The third-order valence-corrected chi connectivity index (χ3v) is 4.34. The van der Waals surface area contributed by atoms with Gasteiger partial charge in [-0.25, -0.2) is 0 Å². The van der Waals surface area contributed by atoms with Crippen LogP contribution in [0.1, 0.15) is 45.7 Å². The van der Waals surface area contributed by atoms with E-state index in [2.05, 4.69) is 72.0 Å². The van der Waals surface area contributed by atoms with Crippen molar-refractivity contribution in [1.29, 1.82) is 0 Å². The lowest BCUT2D eigenvalue weighted by Gasteiger charge is -2.19. The van der Waals surface area contributed by atoms with Gasteiger partial charge in [0, 0.05) is 12.6 Å². The SMILES string of the molecule is CCCNC(C)c1ccc(OCCN(CC)CC)c(Br)c1. The van der Waals surface area contributed by atoms with Gasteiger partial charge >= 0.3 is 0 Å². The number of benzene rings is 1. The van der Waals surface area contributed by atoms with Crippen molar-refractivity contribution >= 4 is 15.9 Å². The number of halogens is 1. The molecule has 1 aromatic carbocycles. The first-order chi connectivity index (χ1) is 10.1. The normalized spacial score (nSPS) is 12.7. The first-order valence-corrected chi connectivity index (χ1v) is 8.79. The maximum absolute atomic E-state index is 5.88. The van der Waals surface area contributed by atoms with E-state index in [1.807, 2.05) is 0 Å². The minimum Gasteiger partial charge on any atom is -0.491 e. The van der Waals surface area contributed by atoms with E-state index in [9.17, 15) is 0 Å². The van der Waals surface area contributed by atoms with E-state index in [1.165, 1.54) is 5.56 Å². The zero-order valence-electron chi connectivity index (χ0n) is 13.8. The van der Waals surface area contributed by atoms with Crippen LogP contribution in [-0.4, -0.2) is 37.7 Å². The Labute approximate surface area is 138 Å². The van der Waals surface area contributed by atoms with Crippen LogP contribution in [0.25, 0.3) is 0 Å². The Hall–Kier alpha value is -0.580. The molecule has 1 atom stereocenters. The average molecular weight is 357 g/mol. The summed E-state index contributed by atoms with van der Waals surface area (Å²) in [6.45, 7) is 13.6. The minimum atomic E-state index is 0.367. The molecule has 0 amide bonds. The average Bonchev–Trinajstić information content (AvgIpc) is 2.50. The number of hydrogen-bond acceptors (Lipinski definition) is 3. The Kier molecular flexibility index (Phi) is 8.97. The molecule has 0 aliphatic carbocycles. The van der Waals surface area contributed by atoms with Crippen molar-refractivity contribution < 1.29 is 4.74 Å². The van der Waals surface area contributed by atoms with Crippen LogP contribution in [0.4, 0.5) is 0 Å². The lowest BCUT2D eigenvalue weighted by atomic mass is 10.1. The summed E-state index contributed by atoms with van der Waals surface area (Å²) in [4.78, 5) is 2.36. The molecule has 0 saturated carbocycles. The third kappa shape index (κ3) is 6.37. The molecule has 0 fully saturated rings. The highest BCUT2D eigenvalue weighted by Crippen LogP contribution is 2.28. The molecular formula is C17H29BrN2O. The van der Waals surface area contributed by atoms with Gasteiger partial charge in [0.2, 0.25) is 0 Å². The van der Waals surface area contributed by atoms with Gasteiger partial charge in [-0.2, -0.15) is 0 Å². The summed E-state index contributed by atoms with van der Waals surface area (Å²) in [7, 11) is 0. The molecular weight excluding hydrogens is 328 g/mol. The summed E-state index contributed by atoms with van der Waals surface area (Å²) >= 11 is 3.62. The molecule has 120 valence electrons. The highest BCUT2D eigenvalue weighted by Gasteiger charge is 2.08. The zero-order chi connectivity index (χ0) is 15.7. The molecule has 21 heavy (non-hydrogen) atoms. The third-order valence-electron chi connectivity index (χ3n) is 3.72. The summed E-state index contributed by atoms with van der Waals surface area (Å²) < 4.78 is 6.91. The lowest BCUT2D eigenvalue weighted by Crippen LogP contribution is -2.27. The van der Waals surface area contributed by atoms with Crippen molar-refractivity contribution in [2.75, 3.05) is 32.8 Å². The van der Waals surface area contributed by atoms with Crippen LogP contribution < -0.4 is 10.1 Å². The maximum atomic E-state index is 5.88. The fourth-order valence-corrected chi connectivity index (χ4v) is 2.72. The summed E-state index contributed by atoms with van der Waals surface area (Å²) in [6, 6.07) is 6.72. The Bertz CT molecular complexity index is 408. The molecule has 4 heteroatoms. The smallest absolute Gasteiger partial charge is 0.133 e. The van der Waals surface area contributed by atoms with Gasteiger partial charge in [0.1, 0.15) is 12.4 Å². The number of likely N-dealkylation sites (N-methyl/N-ethyl adjacent to an activating group) is 1. The van der Waals surface area contributed by atoms with E-state index in [4.69, 9.17) is 4.74 Å². The second kappa shape index (κ2) is 10.2. The van der Waals surface area contributed by atoms with Crippen molar-refractivity contribution in [3.8, 4) is 5.75 Å². The van der Waals surface area contributed by atoms with Crippen molar-refractivity contribution in [2.45, 2.75) is 40.2 Å². The monoisotopic (exact) mass is 356 g/mol. The van der Waals surface area contributed by atoms with E-state index < -0.39 is 0 Å². The number of rotatable bonds is 10. The van der Waals surface area contributed by atoms with Gasteiger partial charge in [-0.05, 0) is 66.6 Å². The number of nitrogens with one attached hydrogen (secondary N) is 1. The van der Waals surface area contributed by atoms with Crippen molar-refractivity contribution in [3.05, 3.63) is 28.2 Å². The molecule has 1 rings (SSSR count). The molecule has 1 unspecified atom stereocenters. The fourth-order valence-electron chi connectivity index (χ4n) is 2.21. The van der Waals surface area contributed by atoms with E-state index in [1.54, 1.807) is 0 Å². The molecule has 0 aliphatic heterocycles. The van der Waals surface area contributed by atoms with E-state index in [0.29, 0.717) is 6.04 Å². The maximum Gasteiger partial charge on any atom is 0.133 e. The van der Waals surface area contributed by atoms with Gasteiger partial charge in [-0.15, -0.1) is 0 Å². The Morgan fingerprint density at radius 3 is 2.52 bits per heavy atom. The number of hydrogen-bond donors (Lipinski definition) is 1. The summed E-state index contributed by atoms with van der Waals surface area (Å²) in [5.41, 5.74) is 1.28. The van der Waals surface area contributed by atoms with Crippen molar-refractivity contribution in [1.82, 2.24) is 10.2 Å². The molecule has 1 N–H and O–H groups in total. The minimum absolute atomic E-state index is 0.367. The van der Waals surface area contributed by atoms with Crippen molar-refractivity contribution in [2.24, 2.45) is 0 Å². The summed E-state index contributed by atoms with van der Waals surface area (Å²) in [5.74, 6) is 0.925. The topological polar surface area (TPSA) is 24.5 Å². The molecule has 0 spiro atoms. The van der Waals surface area contributed by atoms with Crippen LogP contribution in [0.3, 0.4) is 0 Å². The molecule has 0 heterocycles. The van der Waals surface area contributed by atoms with Gasteiger partial charge in [0.05, 0.1) is 4.47 Å². The van der Waals surface area contributed by atoms with Crippen LogP contribution >= 0.6 is 15.9 Å². The van der Waals surface area contributed by atoms with Gasteiger partial charge in [-0.1, -0.05) is 26.8 Å². The van der Waals surface area contributed by atoms with Crippen LogP contribution in [-0.2, 0) is 0 Å². The number of ether oxygens (including phenoxy) is 1. The first-order valence-electron chi connectivity index (χ1n) is 8.00. The molecule has 3 nitrogen and oxygen atoms in total. The van der Waals surface area contributed by atoms with E-state index in [-0.39, 0.29) is 0 Å². The standard InChI is InChI=1S/C17H29BrN2O/c1-5-10-19-14(4)15-8-9-17(16(18)13-15)21-12-11-20(6-2)7-3/h8-9,13-14,19H,5-7,10-12H2,1-4H3. The summed E-state index contributed by atoms with van der Waals surface area (Å²) in [6.07, 6.45) is 1.15. The fraction of sp³-hybridized carbons (Fsp3) is 0.647. The van der Waals surface area contributed by atoms with E-state index in [0.717, 1.165) is 49.4 Å². The molecule has 0 aliphatic rings. The van der Waals surface area contributed by atoms with E-state index >= 15 is 0 Å². The Balaban J connectivity index is 2.53. The molecule has 0 radical (unpaired) electrons. The van der Waals surface area contributed by atoms with Gasteiger partial charge in [0.25, 0.3) is 0 Å². The first kappa shape index (κ1) is 18.5. The number of nitrogens with zero attached hydrogens (tertiary/aromatic N) is 1. The molecule has 0 aromatic heterocycles. The largest absolute Gasteiger partial charge is 0.491 e. The summed E-state index contributed by atoms with van der Waals surface area (Å²) in [5, 5.41) is 3.50.